The van der Waals surface area contributed by atoms with Crippen LogP contribution in [0.2, 0.25) is 0 Å². The first-order valence-electron chi connectivity index (χ1n) is 10.7. The van der Waals surface area contributed by atoms with Gasteiger partial charge >= 0.3 is 0 Å². The lowest BCUT2D eigenvalue weighted by Crippen LogP contribution is -2.48. The molecule has 8 heteroatoms. The molecule has 0 unspecified atom stereocenters. The number of nitro groups is 1. The largest absolute Gasteiger partial charge is 0.489 e. The van der Waals surface area contributed by atoms with Crippen molar-refractivity contribution in [1.82, 2.24) is 9.80 Å². The minimum Gasteiger partial charge on any atom is -0.489 e. The number of non-ortho nitro benzene ring substituents is 1. The Morgan fingerprint density at radius 2 is 1.70 bits per heavy atom. The van der Waals surface area contributed by atoms with E-state index < -0.39 is 4.92 Å². The number of piperazine rings is 1. The molecular formula is C25H24FN3O4. The molecule has 0 bridgehead atoms. The fourth-order valence-corrected chi connectivity index (χ4v) is 3.78. The third-order valence-electron chi connectivity index (χ3n) is 5.64. The van der Waals surface area contributed by atoms with Gasteiger partial charge in [0.1, 0.15) is 18.2 Å². The van der Waals surface area contributed by atoms with Crippen LogP contribution in [0.4, 0.5) is 10.1 Å². The van der Waals surface area contributed by atoms with Gasteiger partial charge in [0.05, 0.1) is 4.92 Å². The van der Waals surface area contributed by atoms with Crippen molar-refractivity contribution in [3.8, 4) is 5.75 Å². The smallest absolute Gasteiger partial charge is 0.269 e. The van der Waals surface area contributed by atoms with Gasteiger partial charge in [-0.25, -0.2) is 4.39 Å². The number of ether oxygens (including phenoxy) is 1. The minimum absolute atomic E-state index is 0.00365. The van der Waals surface area contributed by atoms with Crippen molar-refractivity contribution >= 4 is 11.6 Å². The van der Waals surface area contributed by atoms with Crippen LogP contribution in [0.25, 0.3) is 0 Å². The van der Waals surface area contributed by atoms with E-state index in [4.69, 9.17) is 4.74 Å². The van der Waals surface area contributed by atoms with E-state index in [1.54, 1.807) is 36.4 Å². The molecule has 1 saturated heterocycles. The highest BCUT2D eigenvalue weighted by molar-refractivity contribution is 5.94. The number of rotatable bonds is 7. The van der Waals surface area contributed by atoms with Crippen LogP contribution in [0.1, 0.15) is 21.5 Å². The second-order valence-electron chi connectivity index (χ2n) is 7.90. The Labute approximate surface area is 191 Å². The van der Waals surface area contributed by atoms with Gasteiger partial charge < -0.3 is 9.64 Å². The molecule has 0 N–H and O–H groups in total. The van der Waals surface area contributed by atoms with Gasteiger partial charge in [0.2, 0.25) is 0 Å². The lowest BCUT2D eigenvalue weighted by Gasteiger charge is -2.35. The highest BCUT2D eigenvalue weighted by atomic mass is 19.1. The highest BCUT2D eigenvalue weighted by Gasteiger charge is 2.23. The van der Waals surface area contributed by atoms with Crippen molar-refractivity contribution in [2.45, 2.75) is 13.2 Å². The fraction of sp³-hybridized carbons (Fsp3) is 0.240. The Bertz CT molecular complexity index is 1130. The second-order valence-corrected chi connectivity index (χ2v) is 7.90. The number of hydrogen-bond acceptors (Lipinski definition) is 5. The molecule has 0 atom stereocenters. The lowest BCUT2D eigenvalue weighted by molar-refractivity contribution is -0.384. The summed E-state index contributed by atoms with van der Waals surface area (Å²) in [5.74, 6) is 0.268. The molecule has 1 aliphatic rings. The molecular weight excluding hydrogens is 425 g/mol. The fourth-order valence-electron chi connectivity index (χ4n) is 3.78. The molecule has 0 saturated carbocycles. The topological polar surface area (TPSA) is 75.9 Å². The number of nitrogens with zero attached hydrogens (tertiary/aromatic N) is 3. The summed E-state index contributed by atoms with van der Waals surface area (Å²) in [6.07, 6.45) is 0. The Morgan fingerprint density at radius 3 is 2.39 bits per heavy atom. The Balaban J connectivity index is 1.31. The molecule has 7 nitrogen and oxygen atoms in total. The van der Waals surface area contributed by atoms with Crippen molar-refractivity contribution in [2.75, 3.05) is 26.2 Å². The third-order valence-corrected chi connectivity index (χ3v) is 5.64. The second kappa shape index (κ2) is 10.2. The van der Waals surface area contributed by atoms with E-state index in [0.29, 0.717) is 49.6 Å². The first kappa shape index (κ1) is 22.4. The van der Waals surface area contributed by atoms with E-state index in [-0.39, 0.29) is 24.0 Å². The molecule has 0 spiro atoms. The predicted molar refractivity (Wildman–Crippen MR) is 121 cm³/mol. The van der Waals surface area contributed by atoms with E-state index in [1.165, 1.54) is 18.2 Å². The van der Waals surface area contributed by atoms with Crippen LogP contribution in [0.5, 0.6) is 5.75 Å². The first-order valence-corrected chi connectivity index (χ1v) is 10.7. The van der Waals surface area contributed by atoms with Crippen LogP contribution in [0, 0.1) is 15.9 Å². The molecule has 33 heavy (non-hydrogen) atoms. The maximum atomic E-state index is 13.9. The molecule has 0 aliphatic carbocycles. The van der Waals surface area contributed by atoms with E-state index in [0.717, 1.165) is 5.56 Å². The molecule has 1 fully saturated rings. The normalized spacial score (nSPS) is 14.2. The van der Waals surface area contributed by atoms with Gasteiger partial charge in [-0.05, 0) is 35.9 Å². The van der Waals surface area contributed by atoms with E-state index in [9.17, 15) is 19.3 Å². The van der Waals surface area contributed by atoms with Crippen LogP contribution in [0.3, 0.4) is 0 Å². The van der Waals surface area contributed by atoms with E-state index in [2.05, 4.69) is 4.90 Å². The average Bonchev–Trinajstić information content (AvgIpc) is 2.84. The molecule has 1 heterocycles. The van der Waals surface area contributed by atoms with Crippen molar-refractivity contribution in [2.24, 2.45) is 0 Å². The molecule has 4 rings (SSSR count). The average molecular weight is 449 g/mol. The summed E-state index contributed by atoms with van der Waals surface area (Å²) in [7, 11) is 0. The van der Waals surface area contributed by atoms with E-state index >= 15 is 0 Å². The number of amides is 1. The van der Waals surface area contributed by atoms with Gasteiger partial charge in [0.25, 0.3) is 11.6 Å². The van der Waals surface area contributed by atoms with Crippen LogP contribution >= 0.6 is 0 Å². The number of nitro benzene ring substituents is 1. The van der Waals surface area contributed by atoms with Crippen LogP contribution in [-0.2, 0) is 13.2 Å². The summed E-state index contributed by atoms with van der Waals surface area (Å²) in [6, 6.07) is 19.9. The number of carbonyl (C=O) groups is 1. The van der Waals surface area contributed by atoms with Crippen LogP contribution < -0.4 is 4.74 Å². The maximum Gasteiger partial charge on any atom is 0.269 e. The van der Waals surface area contributed by atoms with Gasteiger partial charge in [-0.15, -0.1) is 0 Å². The van der Waals surface area contributed by atoms with Gasteiger partial charge in [-0.2, -0.15) is 0 Å². The van der Waals surface area contributed by atoms with Crippen molar-refractivity contribution in [3.63, 3.8) is 0 Å². The van der Waals surface area contributed by atoms with Crippen molar-refractivity contribution in [1.29, 1.82) is 0 Å². The zero-order chi connectivity index (χ0) is 23.2. The van der Waals surface area contributed by atoms with Crippen molar-refractivity contribution in [3.05, 3.63) is 105 Å². The summed E-state index contributed by atoms with van der Waals surface area (Å²) in [6.45, 7) is 3.30. The Kier molecular flexibility index (Phi) is 6.95. The Hall–Kier alpha value is -3.78. The maximum absolute atomic E-state index is 13.9. The summed E-state index contributed by atoms with van der Waals surface area (Å²) in [5.41, 5.74) is 2.08. The zero-order valence-corrected chi connectivity index (χ0v) is 18.0. The van der Waals surface area contributed by atoms with Crippen LogP contribution in [0.15, 0.2) is 72.8 Å². The van der Waals surface area contributed by atoms with Gasteiger partial charge in [-0.1, -0.05) is 30.3 Å². The molecule has 1 amide bonds. The molecule has 170 valence electrons. The molecule has 3 aromatic rings. The summed E-state index contributed by atoms with van der Waals surface area (Å²) in [4.78, 5) is 27.2. The third kappa shape index (κ3) is 5.72. The number of carbonyl (C=O) groups excluding carboxylic acids is 1. The van der Waals surface area contributed by atoms with Gasteiger partial charge in [0, 0.05) is 56.0 Å². The first-order chi connectivity index (χ1) is 16.0. The lowest BCUT2D eigenvalue weighted by atomic mass is 10.1. The SMILES string of the molecule is O=C(c1cccc(COc2ccc([N+](=O)[O-])cc2)c1)N1CCN(Cc2ccccc2F)CC1. The molecule has 1 aliphatic heterocycles. The highest BCUT2D eigenvalue weighted by Crippen LogP contribution is 2.19. The zero-order valence-electron chi connectivity index (χ0n) is 18.0. The summed E-state index contributed by atoms with van der Waals surface area (Å²) >= 11 is 0. The number of benzene rings is 3. The quantitative estimate of drug-likeness (QED) is 0.398. The summed E-state index contributed by atoms with van der Waals surface area (Å²) in [5, 5.41) is 10.7. The van der Waals surface area contributed by atoms with Gasteiger partial charge in [-0.3, -0.25) is 19.8 Å². The van der Waals surface area contributed by atoms with Crippen molar-refractivity contribution < 1.29 is 18.8 Å². The number of halogens is 1. The van der Waals surface area contributed by atoms with E-state index in [1.807, 2.05) is 23.1 Å². The standard InChI is InChI=1S/C25H24FN3O4/c26-24-7-2-1-5-21(24)17-27-12-14-28(15-13-27)25(30)20-6-3-4-19(16-20)18-33-23-10-8-22(9-11-23)29(31)32/h1-11,16H,12-15,17-18H2. The van der Waals surface area contributed by atoms with Gasteiger partial charge in [0.15, 0.2) is 0 Å². The Morgan fingerprint density at radius 1 is 0.970 bits per heavy atom. The molecule has 0 aromatic heterocycles. The molecule has 3 aromatic carbocycles. The molecule has 0 radical (unpaired) electrons. The number of hydrogen-bond donors (Lipinski definition) is 0. The summed E-state index contributed by atoms with van der Waals surface area (Å²) < 4.78 is 19.6. The monoisotopic (exact) mass is 449 g/mol. The van der Waals surface area contributed by atoms with Crippen LogP contribution in [-0.4, -0.2) is 46.8 Å². The predicted octanol–water partition coefficient (Wildman–Crippen LogP) is 4.27. The minimum atomic E-state index is -0.460.